The van der Waals surface area contributed by atoms with E-state index in [-0.39, 0.29) is 5.69 Å². The second-order valence-electron chi connectivity index (χ2n) is 4.34. The van der Waals surface area contributed by atoms with Crippen LogP contribution < -0.4 is 0 Å². The van der Waals surface area contributed by atoms with E-state index in [1.165, 1.54) is 0 Å². The lowest BCUT2D eigenvalue weighted by atomic mass is 10.2. The van der Waals surface area contributed by atoms with E-state index in [9.17, 15) is 0 Å². The number of furan rings is 1. The maximum Gasteiger partial charge on any atom is 0.193 e. The van der Waals surface area contributed by atoms with Gasteiger partial charge < -0.3 is 8.94 Å². The zero-order valence-electron chi connectivity index (χ0n) is 11.0. The summed E-state index contributed by atoms with van der Waals surface area (Å²) < 4.78 is 12.1. The van der Waals surface area contributed by atoms with Crippen LogP contribution in [0.3, 0.4) is 0 Å². The minimum Gasteiger partial charge on any atom is -0.463 e. The highest BCUT2D eigenvalue weighted by Gasteiger charge is 2.19. The molecule has 0 aromatic carbocycles. The molecule has 3 aromatic heterocycles. The number of hydrogen-bond acceptors (Lipinski definition) is 6. The van der Waals surface area contributed by atoms with E-state index in [0.29, 0.717) is 18.0 Å². The first-order chi connectivity index (χ1) is 9.70. The van der Waals surface area contributed by atoms with Crippen LogP contribution in [-0.2, 0) is 6.54 Å². The van der Waals surface area contributed by atoms with Crippen molar-refractivity contribution in [3.8, 4) is 17.5 Å². The van der Waals surface area contributed by atoms with Crippen molar-refractivity contribution in [2.24, 2.45) is 0 Å². The molecule has 0 radical (unpaired) electrons. The van der Waals surface area contributed by atoms with Crippen LogP contribution in [0.1, 0.15) is 22.7 Å². The monoisotopic (exact) mass is 269 g/mol. The zero-order chi connectivity index (χ0) is 14.1. The standard InChI is InChI=1S/C13H11N5O2/c1-8-10(9(2)20-16-8)7-18-13(11(6-14)15-17-18)12-4-3-5-19-12/h3-5H,7H2,1-2H3. The fraction of sp³-hybridized carbons (Fsp3) is 0.231. The molecule has 0 saturated carbocycles. The highest BCUT2D eigenvalue weighted by atomic mass is 16.5. The van der Waals surface area contributed by atoms with Gasteiger partial charge in [0.1, 0.15) is 17.5 Å². The van der Waals surface area contributed by atoms with Gasteiger partial charge in [-0.1, -0.05) is 10.4 Å². The van der Waals surface area contributed by atoms with Crippen LogP contribution in [0, 0.1) is 25.2 Å². The van der Waals surface area contributed by atoms with E-state index in [0.717, 1.165) is 17.0 Å². The molecule has 3 heterocycles. The van der Waals surface area contributed by atoms with Crippen LogP contribution in [0.15, 0.2) is 27.3 Å². The second-order valence-corrected chi connectivity index (χ2v) is 4.34. The first-order valence-electron chi connectivity index (χ1n) is 6.00. The Morgan fingerprint density at radius 2 is 2.25 bits per heavy atom. The average Bonchev–Trinajstić information content (AvgIpc) is 3.14. The summed E-state index contributed by atoms with van der Waals surface area (Å²) in [7, 11) is 0. The number of rotatable bonds is 3. The summed E-state index contributed by atoms with van der Waals surface area (Å²) in [5, 5.41) is 20.9. The molecule has 3 rings (SSSR count). The summed E-state index contributed by atoms with van der Waals surface area (Å²) in [6, 6.07) is 5.54. The third kappa shape index (κ3) is 1.87. The number of aromatic nitrogens is 4. The molecule has 3 aromatic rings. The molecule has 7 heteroatoms. The van der Waals surface area contributed by atoms with Gasteiger partial charge in [0, 0.05) is 5.56 Å². The Balaban J connectivity index is 2.08. The third-order valence-electron chi connectivity index (χ3n) is 3.08. The van der Waals surface area contributed by atoms with Crippen molar-refractivity contribution >= 4 is 0 Å². The Morgan fingerprint density at radius 3 is 2.85 bits per heavy atom. The van der Waals surface area contributed by atoms with E-state index in [1.54, 1.807) is 23.1 Å². The minimum absolute atomic E-state index is 0.228. The van der Waals surface area contributed by atoms with Gasteiger partial charge in [-0.05, 0) is 26.0 Å². The van der Waals surface area contributed by atoms with E-state index in [4.69, 9.17) is 14.2 Å². The highest BCUT2D eigenvalue weighted by Crippen LogP contribution is 2.24. The number of aryl methyl sites for hydroxylation is 2. The molecule has 0 atom stereocenters. The summed E-state index contributed by atoms with van der Waals surface area (Å²) in [4.78, 5) is 0. The van der Waals surface area contributed by atoms with Crippen molar-refractivity contribution in [2.45, 2.75) is 20.4 Å². The lowest BCUT2D eigenvalue weighted by Crippen LogP contribution is -2.05. The minimum atomic E-state index is 0.228. The Kier molecular flexibility index (Phi) is 2.84. The van der Waals surface area contributed by atoms with Crippen molar-refractivity contribution in [1.29, 1.82) is 5.26 Å². The van der Waals surface area contributed by atoms with Gasteiger partial charge in [-0.2, -0.15) is 5.26 Å². The second kappa shape index (κ2) is 4.66. The number of nitrogens with zero attached hydrogens (tertiary/aromatic N) is 5. The van der Waals surface area contributed by atoms with Crippen LogP contribution >= 0.6 is 0 Å². The first kappa shape index (κ1) is 12.2. The maximum absolute atomic E-state index is 9.13. The predicted molar refractivity (Wildman–Crippen MR) is 67.5 cm³/mol. The van der Waals surface area contributed by atoms with Gasteiger partial charge in [0.25, 0.3) is 0 Å². The van der Waals surface area contributed by atoms with Crippen LogP contribution in [0.5, 0.6) is 0 Å². The molecule has 0 bridgehead atoms. The number of nitriles is 1. The lowest BCUT2D eigenvalue weighted by Gasteiger charge is -2.04. The van der Waals surface area contributed by atoms with Crippen LogP contribution in [0.4, 0.5) is 0 Å². The van der Waals surface area contributed by atoms with E-state index < -0.39 is 0 Å². The van der Waals surface area contributed by atoms with Gasteiger partial charge in [-0.15, -0.1) is 5.10 Å². The highest BCUT2D eigenvalue weighted by molar-refractivity contribution is 5.59. The summed E-state index contributed by atoms with van der Waals surface area (Å²) in [5.41, 5.74) is 2.50. The average molecular weight is 269 g/mol. The molecule has 7 nitrogen and oxygen atoms in total. The van der Waals surface area contributed by atoms with Crippen molar-refractivity contribution in [3.63, 3.8) is 0 Å². The molecular formula is C13H11N5O2. The Morgan fingerprint density at radius 1 is 1.40 bits per heavy atom. The quantitative estimate of drug-likeness (QED) is 0.722. The van der Waals surface area contributed by atoms with Crippen LogP contribution in [0.2, 0.25) is 0 Å². The molecule has 100 valence electrons. The SMILES string of the molecule is Cc1noc(C)c1Cn1nnc(C#N)c1-c1ccco1. The maximum atomic E-state index is 9.13. The van der Waals surface area contributed by atoms with Crippen LogP contribution in [0.25, 0.3) is 11.5 Å². The van der Waals surface area contributed by atoms with E-state index in [2.05, 4.69) is 15.5 Å². The van der Waals surface area contributed by atoms with E-state index in [1.807, 2.05) is 19.9 Å². The number of hydrogen-bond donors (Lipinski definition) is 0. The molecular weight excluding hydrogens is 258 g/mol. The summed E-state index contributed by atoms with van der Waals surface area (Å²) in [6.45, 7) is 4.12. The topological polar surface area (TPSA) is 93.7 Å². The molecule has 0 unspecified atom stereocenters. The summed E-state index contributed by atoms with van der Waals surface area (Å²) >= 11 is 0. The molecule has 0 spiro atoms. The Labute approximate surface area is 114 Å². The smallest absolute Gasteiger partial charge is 0.193 e. The van der Waals surface area contributed by atoms with Gasteiger partial charge >= 0.3 is 0 Å². The summed E-state index contributed by atoms with van der Waals surface area (Å²) in [6.07, 6.45) is 1.55. The van der Waals surface area contributed by atoms with Crippen LogP contribution in [-0.4, -0.2) is 20.2 Å². The van der Waals surface area contributed by atoms with Crippen molar-refractivity contribution in [2.75, 3.05) is 0 Å². The van der Waals surface area contributed by atoms with E-state index >= 15 is 0 Å². The lowest BCUT2D eigenvalue weighted by molar-refractivity contribution is 0.391. The molecule has 0 amide bonds. The van der Waals surface area contributed by atoms with Gasteiger partial charge in [0.15, 0.2) is 11.5 Å². The van der Waals surface area contributed by atoms with Crippen molar-refractivity contribution < 1.29 is 8.94 Å². The van der Waals surface area contributed by atoms with Gasteiger partial charge in [0.05, 0.1) is 18.5 Å². The molecule has 20 heavy (non-hydrogen) atoms. The molecule has 0 N–H and O–H groups in total. The molecule has 0 aliphatic rings. The molecule has 0 aliphatic heterocycles. The fourth-order valence-electron chi connectivity index (χ4n) is 2.03. The van der Waals surface area contributed by atoms with Crippen molar-refractivity contribution in [1.82, 2.24) is 20.2 Å². The predicted octanol–water partition coefficient (Wildman–Crippen LogP) is 2.06. The molecule has 0 saturated heterocycles. The molecule has 0 fully saturated rings. The summed E-state index contributed by atoms with van der Waals surface area (Å²) in [5.74, 6) is 1.28. The van der Waals surface area contributed by atoms with Gasteiger partial charge in [0.2, 0.25) is 0 Å². The molecule has 0 aliphatic carbocycles. The zero-order valence-corrected chi connectivity index (χ0v) is 11.0. The van der Waals surface area contributed by atoms with Gasteiger partial charge in [-0.25, -0.2) is 4.68 Å². The fourth-order valence-corrected chi connectivity index (χ4v) is 2.03. The Hall–Kier alpha value is -2.88. The normalized spacial score (nSPS) is 10.7. The first-order valence-corrected chi connectivity index (χ1v) is 6.00. The third-order valence-corrected chi connectivity index (χ3v) is 3.08. The largest absolute Gasteiger partial charge is 0.463 e. The van der Waals surface area contributed by atoms with Gasteiger partial charge in [-0.3, -0.25) is 0 Å². The Bertz CT molecular complexity index is 757. The van der Waals surface area contributed by atoms with Crippen molar-refractivity contribution in [3.05, 3.63) is 41.1 Å².